The minimum atomic E-state index is -3.74. The van der Waals surface area contributed by atoms with Crippen molar-refractivity contribution in [3.8, 4) is 0 Å². The molecule has 25 heavy (non-hydrogen) atoms. The summed E-state index contributed by atoms with van der Waals surface area (Å²) in [7, 11) is -3.74. The monoisotopic (exact) mass is 385 g/mol. The van der Waals surface area contributed by atoms with Crippen molar-refractivity contribution in [2.75, 3.05) is 51.9 Å². The van der Waals surface area contributed by atoms with Gasteiger partial charge in [-0.1, -0.05) is 0 Å². The molecule has 0 radical (unpaired) electrons. The molecule has 0 bridgehead atoms. The Labute approximate surface area is 152 Å². The molecule has 152 valence electrons. The van der Waals surface area contributed by atoms with Gasteiger partial charge in [-0.3, -0.25) is 4.18 Å². The van der Waals surface area contributed by atoms with Crippen LogP contribution in [0.25, 0.3) is 0 Å². The second-order valence-corrected chi connectivity index (χ2v) is 7.76. The van der Waals surface area contributed by atoms with E-state index < -0.39 is 27.5 Å². The van der Waals surface area contributed by atoms with Gasteiger partial charge in [0.15, 0.2) is 0 Å². The van der Waals surface area contributed by atoms with Crippen molar-refractivity contribution in [3.63, 3.8) is 0 Å². The first-order valence-corrected chi connectivity index (χ1v) is 10.3. The zero-order valence-electron chi connectivity index (χ0n) is 16.1. The number of aliphatic hydroxyl groups excluding tert-OH is 1. The van der Waals surface area contributed by atoms with Gasteiger partial charge in [-0.2, -0.15) is 8.42 Å². The highest BCUT2D eigenvalue weighted by Gasteiger charge is 2.32. The molecule has 0 saturated carbocycles. The van der Waals surface area contributed by atoms with Crippen LogP contribution in [0.3, 0.4) is 0 Å². The summed E-state index contributed by atoms with van der Waals surface area (Å²) in [6, 6.07) is 0. The highest BCUT2D eigenvalue weighted by atomic mass is 32.2. The third-order valence-corrected chi connectivity index (χ3v) is 4.65. The molecule has 1 atom stereocenters. The second-order valence-electron chi connectivity index (χ2n) is 6.08. The molecule has 0 aromatic rings. The lowest BCUT2D eigenvalue weighted by atomic mass is 10.0. The summed E-state index contributed by atoms with van der Waals surface area (Å²) >= 11 is 0. The van der Waals surface area contributed by atoms with Crippen molar-refractivity contribution in [1.82, 2.24) is 5.32 Å². The average Bonchev–Trinajstić information content (AvgIpc) is 2.53. The van der Waals surface area contributed by atoms with E-state index in [4.69, 9.17) is 14.2 Å². The Kier molecular flexibility index (Phi) is 12.8. The first-order valence-electron chi connectivity index (χ1n) is 8.77. The van der Waals surface area contributed by atoms with Gasteiger partial charge in [-0.05, 0) is 34.6 Å². The van der Waals surface area contributed by atoms with E-state index in [-0.39, 0.29) is 19.3 Å². The van der Waals surface area contributed by atoms with E-state index >= 15 is 0 Å². The third kappa shape index (κ3) is 11.8. The molecule has 0 heterocycles. The molecule has 9 heteroatoms. The molecule has 0 aliphatic carbocycles. The number of hydrogen-bond acceptors (Lipinski definition) is 8. The van der Waals surface area contributed by atoms with Crippen molar-refractivity contribution in [3.05, 3.63) is 0 Å². The lowest BCUT2D eigenvalue weighted by molar-refractivity contribution is -0.0525. The molecule has 1 unspecified atom stereocenters. The normalized spacial score (nSPS) is 14.2. The first kappa shape index (κ1) is 24.7. The molecule has 0 saturated heterocycles. The van der Waals surface area contributed by atoms with Gasteiger partial charge in [0, 0.05) is 19.8 Å². The summed E-state index contributed by atoms with van der Waals surface area (Å²) in [6.45, 7) is 11.3. The standard InChI is InChI=1S/C16H35NO7S/c1-6-21-11-16(12-22-7-2,13-23-14(4)5)17-9-15(18)10-25(19,20)24-8-3/h14-15,17-18H,6-13H2,1-5H3. The van der Waals surface area contributed by atoms with E-state index in [0.717, 1.165) is 0 Å². The van der Waals surface area contributed by atoms with Crippen molar-refractivity contribution >= 4 is 10.1 Å². The minimum absolute atomic E-state index is 0.0210. The van der Waals surface area contributed by atoms with Gasteiger partial charge in [0.05, 0.1) is 44.2 Å². The molecule has 0 amide bonds. The number of ether oxygens (including phenoxy) is 3. The second kappa shape index (κ2) is 13.0. The summed E-state index contributed by atoms with van der Waals surface area (Å²) in [5.41, 5.74) is -0.674. The van der Waals surface area contributed by atoms with Crippen molar-refractivity contribution in [2.45, 2.75) is 52.4 Å². The van der Waals surface area contributed by atoms with Crippen LogP contribution < -0.4 is 5.32 Å². The lowest BCUT2D eigenvalue weighted by Crippen LogP contribution is -2.59. The molecule has 0 aliphatic rings. The minimum Gasteiger partial charge on any atom is -0.391 e. The molecular weight excluding hydrogens is 350 g/mol. The molecule has 8 nitrogen and oxygen atoms in total. The molecule has 0 fully saturated rings. The number of rotatable bonds is 16. The summed E-state index contributed by atoms with van der Waals surface area (Å²) in [5, 5.41) is 13.2. The maximum atomic E-state index is 11.6. The Hall–Kier alpha value is -0.290. The van der Waals surface area contributed by atoms with E-state index in [2.05, 4.69) is 9.50 Å². The number of nitrogens with one attached hydrogen (secondary N) is 1. The van der Waals surface area contributed by atoms with Crippen LogP contribution in [0.4, 0.5) is 0 Å². The number of β-amino-alcohol motifs (C(OH)–C–C–N with tert-alkyl or cyclic N) is 1. The molecule has 0 aromatic heterocycles. The van der Waals surface area contributed by atoms with Crippen LogP contribution >= 0.6 is 0 Å². The van der Waals surface area contributed by atoms with Gasteiger partial charge in [0.25, 0.3) is 10.1 Å². The van der Waals surface area contributed by atoms with Crippen LogP contribution in [0.2, 0.25) is 0 Å². The van der Waals surface area contributed by atoms with E-state index in [1.54, 1.807) is 6.92 Å². The van der Waals surface area contributed by atoms with E-state index in [1.165, 1.54) is 0 Å². The van der Waals surface area contributed by atoms with Crippen LogP contribution in [0.15, 0.2) is 0 Å². The molecule has 2 N–H and O–H groups in total. The number of hydrogen-bond donors (Lipinski definition) is 2. The van der Waals surface area contributed by atoms with E-state index in [0.29, 0.717) is 33.0 Å². The molecule has 0 aliphatic heterocycles. The maximum absolute atomic E-state index is 11.6. The van der Waals surface area contributed by atoms with E-state index in [9.17, 15) is 13.5 Å². The predicted molar refractivity (Wildman–Crippen MR) is 96.2 cm³/mol. The largest absolute Gasteiger partial charge is 0.391 e. The zero-order chi connectivity index (χ0) is 19.3. The Bertz CT molecular complexity index is 420. The summed E-state index contributed by atoms with van der Waals surface area (Å²) < 4.78 is 44.8. The molecule has 0 spiro atoms. The Balaban J connectivity index is 4.91. The zero-order valence-corrected chi connectivity index (χ0v) is 16.9. The topological polar surface area (TPSA) is 103 Å². The van der Waals surface area contributed by atoms with Crippen LogP contribution in [-0.2, 0) is 28.5 Å². The highest BCUT2D eigenvalue weighted by molar-refractivity contribution is 7.86. The van der Waals surface area contributed by atoms with Gasteiger partial charge in [0.1, 0.15) is 5.75 Å². The quantitative estimate of drug-likeness (QED) is 0.371. The van der Waals surface area contributed by atoms with Crippen molar-refractivity contribution in [1.29, 1.82) is 0 Å². The van der Waals surface area contributed by atoms with Crippen LogP contribution in [0.1, 0.15) is 34.6 Å². The SMILES string of the molecule is CCOCC(COCC)(COC(C)C)NCC(O)CS(=O)(=O)OCC. The van der Waals surface area contributed by atoms with Gasteiger partial charge >= 0.3 is 0 Å². The third-order valence-electron chi connectivity index (χ3n) is 3.26. The summed E-state index contributed by atoms with van der Waals surface area (Å²) in [6.07, 6.45) is -1.09. The fourth-order valence-electron chi connectivity index (χ4n) is 2.06. The predicted octanol–water partition coefficient (Wildman–Crippen LogP) is 0.540. The fourth-order valence-corrected chi connectivity index (χ4v) is 3.10. The molecule has 0 aromatic carbocycles. The first-order chi connectivity index (χ1) is 11.7. The van der Waals surface area contributed by atoms with Gasteiger partial charge in [-0.15, -0.1) is 0 Å². The molecule has 0 rings (SSSR count). The fraction of sp³-hybridized carbons (Fsp3) is 1.00. The van der Waals surface area contributed by atoms with Crippen LogP contribution in [-0.4, -0.2) is 83.2 Å². The Morgan fingerprint density at radius 2 is 1.56 bits per heavy atom. The van der Waals surface area contributed by atoms with Crippen LogP contribution in [0, 0.1) is 0 Å². The maximum Gasteiger partial charge on any atom is 0.269 e. The van der Waals surface area contributed by atoms with Gasteiger partial charge in [-0.25, -0.2) is 0 Å². The Morgan fingerprint density at radius 3 is 2.00 bits per heavy atom. The average molecular weight is 386 g/mol. The van der Waals surface area contributed by atoms with E-state index in [1.807, 2.05) is 27.7 Å². The van der Waals surface area contributed by atoms with Gasteiger partial charge < -0.3 is 24.6 Å². The smallest absolute Gasteiger partial charge is 0.269 e. The van der Waals surface area contributed by atoms with Crippen LogP contribution in [0.5, 0.6) is 0 Å². The lowest BCUT2D eigenvalue weighted by Gasteiger charge is -2.35. The summed E-state index contributed by atoms with van der Waals surface area (Å²) in [5.74, 6) is -0.474. The highest BCUT2D eigenvalue weighted by Crippen LogP contribution is 2.11. The van der Waals surface area contributed by atoms with Gasteiger partial charge in [0.2, 0.25) is 0 Å². The van der Waals surface area contributed by atoms with Crippen molar-refractivity contribution < 1.29 is 31.9 Å². The Morgan fingerprint density at radius 1 is 1.00 bits per heavy atom. The van der Waals surface area contributed by atoms with Crippen molar-refractivity contribution in [2.24, 2.45) is 0 Å². The number of aliphatic hydroxyl groups is 1. The summed E-state index contributed by atoms with van der Waals surface area (Å²) in [4.78, 5) is 0. The molecular formula is C16H35NO7S.